The molecule has 0 spiro atoms. The van der Waals surface area contributed by atoms with Gasteiger partial charge in [0.15, 0.2) is 0 Å². The summed E-state index contributed by atoms with van der Waals surface area (Å²) in [6, 6.07) is 0. The van der Waals surface area contributed by atoms with Crippen molar-refractivity contribution in [2.75, 3.05) is 6.54 Å². The largest absolute Gasteiger partial charge is 0.351 e. The van der Waals surface area contributed by atoms with Crippen LogP contribution < -0.4 is 5.32 Å². The van der Waals surface area contributed by atoms with Crippen LogP contribution in [0.1, 0.15) is 23.5 Å². The third-order valence-electron chi connectivity index (χ3n) is 1.33. The van der Waals surface area contributed by atoms with E-state index in [1.807, 2.05) is 0 Å². The van der Waals surface area contributed by atoms with E-state index in [-0.39, 0.29) is 5.91 Å². The van der Waals surface area contributed by atoms with E-state index in [2.05, 4.69) is 24.1 Å². The van der Waals surface area contributed by atoms with Crippen molar-refractivity contribution >= 4 is 17.2 Å². The molecule has 0 radical (unpaired) electrons. The number of rotatable bonds is 3. The van der Waals surface area contributed by atoms with E-state index in [9.17, 15) is 4.79 Å². The van der Waals surface area contributed by atoms with Gasteiger partial charge in [-0.2, -0.15) is 0 Å². The normalized spacial score (nSPS) is 10.2. The molecule has 0 aliphatic carbocycles. The van der Waals surface area contributed by atoms with Gasteiger partial charge in [0.1, 0.15) is 4.88 Å². The molecule has 66 valence electrons. The van der Waals surface area contributed by atoms with Crippen LogP contribution in [0.2, 0.25) is 0 Å². The summed E-state index contributed by atoms with van der Waals surface area (Å²) in [7, 11) is 0. The standard InChI is InChI=1S/C8H12N2OS/c1-6(2)3-10-8(11)7-4-9-5-12-7/h4-6H,3H2,1-2H3,(H,10,11). The highest BCUT2D eigenvalue weighted by molar-refractivity contribution is 7.11. The number of hydrogen-bond donors (Lipinski definition) is 1. The quantitative estimate of drug-likeness (QED) is 0.774. The first-order chi connectivity index (χ1) is 5.70. The van der Waals surface area contributed by atoms with Crippen LogP contribution in [-0.4, -0.2) is 17.4 Å². The van der Waals surface area contributed by atoms with Crippen LogP contribution in [0.5, 0.6) is 0 Å². The van der Waals surface area contributed by atoms with E-state index in [0.29, 0.717) is 10.8 Å². The Balaban J connectivity index is 2.40. The van der Waals surface area contributed by atoms with E-state index < -0.39 is 0 Å². The lowest BCUT2D eigenvalue weighted by atomic mass is 10.2. The molecule has 1 amide bonds. The molecule has 0 saturated heterocycles. The number of thiazole rings is 1. The number of carbonyl (C=O) groups is 1. The predicted octanol–water partition coefficient (Wildman–Crippen LogP) is 1.53. The molecule has 0 aliphatic rings. The molecule has 0 atom stereocenters. The minimum absolute atomic E-state index is 0.0220. The SMILES string of the molecule is CC(C)CNC(=O)c1cncs1. The van der Waals surface area contributed by atoms with Crippen LogP contribution in [0.25, 0.3) is 0 Å². The fraction of sp³-hybridized carbons (Fsp3) is 0.500. The molecule has 0 aromatic carbocycles. The smallest absolute Gasteiger partial charge is 0.263 e. The second-order valence-electron chi connectivity index (χ2n) is 2.97. The molecule has 1 rings (SSSR count). The highest BCUT2D eigenvalue weighted by atomic mass is 32.1. The van der Waals surface area contributed by atoms with Crippen LogP contribution in [0.4, 0.5) is 0 Å². The van der Waals surface area contributed by atoms with Gasteiger partial charge in [-0.3, -0.25) is 9.78 Å². The van der Waals surface area contributed by atoms with Gasteiger partial charge in [0, 0.05) is 6.54 Å². The van der Waals surface area contributed by atoms with E-state index in [4.69, 9.17) is 0 Å². The summed E-state index contributed by atoms with van der Waals surface area (Å²) in [4.78, 5) is 15.8. The third-order valence-corrected chi connectivity index (χ3v) is 2.10. The van der Waals surface area contributed by atoms with Gasteiger partial charge in [0.2, 0.25) is 0 Å². The van der Waals surface area contributed by atoms with Crippen LogP contribution >= 0.6 is 11.3 Å². The van der Waals surface area contributed by atoms with Crippen molar-refractivity contribution in [1.29, 1.82) is 0 Å². The summed E-state index contributed by atoms with van der Waals surface area (Å²) in [5.41, 5.74) is 1.66. The minimum atomic E-state index is -0.0220. The number of aromatic nitrogens is 1. The molecule has 1 N–H and O–H groups in total. The molecule has 1 aromatic rings. The van der Waals surface area contributed by atoms with E-state index in [1.165, 1.54) is 11.3 Å². The van der Waals surface area contributed by atoms with Crippen molar-refractivity contribution < 1.29 is 4.79 Å². The van der Waals surface area contributed by atoms with Crippen molar-refractivity contribution in [3.05, 3.63) is 16.6 Å². The highest BCUT2D eigenvalue weighted by Gasteiger charge is 2.06. The van der Waals surface area contributed by atoms with Crippen LogP contribution in [0.15, 0.2) is 11.7 Å². The van der Waals surface area contributed by atoms with Gasteiger partial charge < -0.3 is 5.32 Å². The Morgan fingerprint density at radius 3 is 3.00 bits per heavy atom. The summed E-state index contributed by atoms with van der Waals surface area (Å²) in [6.45, 7) is 4.84. The van der Waals surface area contributed by atoms with Crippen molar-refractivity contribution in [3.63, 3.8) is 0 Å². The lowest BCUT2D eigenvalue weighted by molar-refractivity contribution is 0.0953. The minimum Gasteiger partial charge on any atom is -0.351 e. The molecule has 0 fully saturated rings. The number of hydrogen-bond acceptors (Lipinski definition) is 3. The molecule has 0 saturated carbocycles. The molecule has 0 bridgehead atoms. The lowest BCUT2D eigenvalue weighted by Crippen LogP contribution is -2.26. The van der Waals surface area contributed by atoms with E-state index in [1.54, 1.807) is 11.7 Å². The van der Waals surface area contributed by atoms with Crippen molar-refractivity contribution in [2.45, 2.75) is 13.8 Å². The maximum Gasteiger partial charge on any atom is 0.263 e. The van der Waals surface area contributed by atoms with Crippen molar-refractivity contribution in [2.24, 2.45) is 5.92 Å². The maximum atomic E-state index is 11.3. The molecule has 4 heteroatoms. The Kier molecular flexibility index (Phi) is 3.22. The Bertz CT molecular complexity index is 244. The zero-order valence-corrected chi connectivity index (χ0v) is 8.02. The van der Waals surface area contributed by atoms with Crippen LogP contribution in [0, 0.1) is 5.92 Å². The van der Waals surface area contributed by atoms with Crippen molar-refractivity contribution in [1.82, 2.24) is 10.3 Å². The Morgan fingerprint density at radius 2 is 2.50 bits per heavy atom. The topological polar surface area (TPSA) is 42.0 Å². The molecule has 1 heterocycles. The van der Waals surface area contributed by atoms with Gasteiger partial charge in [0.25, 0.3) is 5.91 Å². The van der Waals surface area contributed by atoms with Gasteiger partial charge >= 0.3 is 0 Å². The molecular weight excluding hydrogens is 172 g/mol. The Morgan fingerprint density at radius 1 is 1.75 bits per heavy atom. The maximum absolute atomic E-state index is 11.3. The fourth-order valence-corrected chi connectivity index (χ4v) is 1.25. The molecule has 0 aliphatic heterocycles. The van der Waals surface area contributed by atoms with Crippen LogP contribution in [0.3, 0.4) is 0 Å². The monoisotopic (exact) mass is 184 g/mol. The predicted molar refractivity (Wildman–Crippen MR) is 49.3 cm³/mol. The molecule has 0 unspecified atom stereocenters. The first-order valence-electron chi connectivity index (χ1n) is 3.87. The second kappa shape index (κ2) is 4.21. The summed E-state index contributed by atoms with van der Waals surface area (Å²) in [6.07, 6.45) is 1.58. The fourth-order valence-electron chi connectivity index (χ4n) is 0.712. The van der Waals surface area contributed by atoms with E-state index >= 15 is 0 Å². The molecule has 3 nitrogen and oxygen atoms in total. The first kappa shape index (κ1) is 9.19. The molecule has 1 aromatic heterocycles. The highest BCUT2D eigenvalue weighted by Crippen LogP contribution is 2.04. The summed E-state index contributed by atoms with van der Waals surface area (Å²) in [5.74, 6) is 0.466. The van der Waals surface area contributed by atoms with Crippen molar-refractivity contribution in [3.8, 4) is 0 Å². The Hall–Kier alpha value is -0.900. The van der Waals surface area contributed by atoms with Crippen LogP contribution in [-0.2, 0) is 0 Å². The molecular formula is C8H12N2OS. The average molecular weight is 184 g/mol. The van der Waals surface area contributed by atoms with Gasteiger partial charge in [-0.15, -0.1) is 11.3 Å². The van der Waals surface area contributed by atoms with Gasteiger partial charge in [-0.05, 0) is 5.92 Å². The average Bonchev–Trinajstić information content (AvgIpc) is 2.51. The van der Waals surface area contributed by atoms with E-state index in [0.717, 1.165) is 6.54 Å². The number of carbonyl (C=O) groups excluding carboxylic acids is 1. The van der Waals surface area contributed by atoms with Gasteiger partial charge in [-0.1, -0.05) is 13.8 Å². The van der Waals surface area contributed by atoms with Gasteiger partial charge in [0.05, 0.1) is 11.7 Å². The summed E-state index contributed by atoms with van der Waals surface area (Å²) >= 11 is 1.36. The summed E-state index contributed by atoms with van der Waals surface area (Å²) < 4.78 is 0. The first-order valence-corrected chi connectivity index (χ1v) is 4.75. The third kappa shape index (κ3) is 2.62. The van der Waals surface area contributed by atoms with Gasteiger partial charge in [-0.25, -0.2) is 0 Å². The zero-order valence-electron chi connectivity index (χ0n) is 7.20. The number of nitrogens with one attached hydrogen (secondary N) is 1. The number of amides is 1. The lowest BCUT2D eigenvalue weighted by Gasteiger charge is -2.04. The molecule has 12 heavy (non-hydrogen) atoms. The number of nitrogens with zero attached hydrogens (tertiary/aromatic N) is 1. The Labute approximate surface area is 75.8 Å². The summed E-state index contributed by atoms with van der Waals surface area (Å²) in [5, 5.41) is 2.82. The second-order valence-corrected chi connectivity index (χ2v) is 3.86. The zero-order chi connectivity index (χ0) is 8.97.